The zero-order chi connectivity index (χ0) is 13.2. The highest BCUT2D eigenvalue weighted by Gasteiger charge is 2.07. The number of hydrogen-bond donors (Lipinski definition) is 2. The van der Waals surface area contributed by atoms with Gasteiger partial charge in [0.25, 0.3) is 0 Å². The quantitative estimate of drug-likeness (QED) is 0.489. The van der Waals surface area contributed by atoms with Gasteiger partial charge in [0.2, 0.25) is 0 Å². The molecule has 0 aliphatic rings. The number of aliphatic hydroxyl groups excluding tert-OH is 1. The smallest absolute Gasteiger partial charge is 0.343 e. The van der Waals surface area contributed by atoms with E-state index in [9.17, 15) is 4.79 Å². The fraction of sp³-hybridized carbons (Fsp3) is 0.818. The molecule has 2 N–H and O–H groups in total. The van der Waals surface area contributed by atoms with Crippen LogP contribution >= 0.6 is 11.8 Å². The maximum atomic E-state index is 11.5. The van der Waals surface area contributed by atoms with Gasteiger partial charge in [0.1, 0.15) is 0 Å². The van der Waals surface area contributed by atoms with Crippen LogP contribution in [0.4, 0.5) is 0 Å². The molecule has 0 aliphatic carbocycles. The van der Waals surface area contributed by atoms with Crippen LogP contribution in [0.1, 0.15) is 25.7 Å². The number of unbranched alkanes of at least 4 members (excludes halogenated alkanes) is 2. The number of aromatic amines is 1. The zero-order valence-corrected chi connectivity index (χ0v) is 11.5. The monoisotopic (exact) mass is 275 g/mol. The highest BCUT2D eigenvalue weighted by atomic mass is 32.2. The lowest BCUT2D eigenvalue weighted by Gasteiger charge is -2.04. The molecule has 6 nitrogen and oxygen atoms in total. The Morgan fingerprint density at radius 1 is 1.39 bits per heavy atom. The van der Waals surface area contributed by atoms with E-state index >= 15 is 0 Å². The lowest BCUT2D eigenvalue weighted by Crippen LogP contribution is -2.18. The Hall–Kier alpha value is -0.790. The molecular weight excluding hydrogens is 254 g/mol. The third kappa shape index (κ3) is 5.24. The molecule has 0 radical (unpaired) electrons. The van der Waals surface area contributed by atoms with Gasteiger partial charge in [0, 0.05) is 32.6 Å². The molecule has 104 valence electrons. The summed E-state index contributed by atoms with van der Waals surface area (Å²) in [5.74, 6) is 0.911. The molecule has 1 aromatic rings. The Morgan fingerprint density at radius 3 is 2.94 bits per heavy atom. The lowest BCUT2D eigenvalue weighted by molar-refractivity contribution is 0.189. The summed E-state index contributed by atoms with van der Waals surface area (Å²) in [7, 11) is 1.65. The largest absolute Gasteiger partial charge is 0.396 e. The highest BCUT2D eigenvalue weighted by Crippen LogP contribution is 2.15. The molecular formula is C11H21N3O3S. The van der Waals surface area contributed by atoms with Gasteiger partial charge in [0.05, 0.1) is 0 Å². The van der Waals surface area contributed by atoms with Gasteiger partial charge in [0.15, 0.2) is 5.16 Å². The molecule has 18 heavy (non-hydrogen) atoms. The van der Waals surface area contributed by atoms with E-state index in [-0.39, 0.29) is 12.3 Å². The van der Waals surface area contributed by atoms with Crippen molar-refractivity contribution < 1.29 is 9.84 Å². The number of aliphatic hydroxyl groups is 1. The fourth-order valence-electron chi connectivity index (χ4n) is 1.53. The van der Waals surface area contributed by atoms with Crippen molar-refractivity contribution in [3.63, 3.8) is 0 Å². The fourth-order valence-corrected chi connectivity index (χ4v) is 2.50. The first kappa shape index (κ1) is 15.3. The van der Waals surface area contributed by atoms with Crippen LogP contribution in [0.2, 0.25) is 0 Å². The molecule has 7 heteroatoms. The molecule has 1 aromatic heterocycles. The van der Waals surface area contributed by atoms with Gasteiger partial charge < -0.3 is 9.84 Å². The zero-order valence-electron chi connectivity index (χ0n) is 10.7. The van der Waals surface area contributed by atoms with Crippen LogP contribution in [0.3, 0.4) is 0 Å². The van der Waals surface area contributed by atoms with Crippen LogP contribution < -0.4 is 5.69 Å². The van der Waals surface area contributed by atoms with Crippen molar-refractivity contribution in [2.75, 3.05) is 26.1 Å². The van der Waals surface area contributed by atoms with E-state index in [0.29, 0.717) is 13.2 Å². The second kappa shape index (κ2) is 9.18. The summed E-state index contributed by atoms with van der Waals surface area (Å²) >= 11 is 1.57. The van der Waals surface area contributed by atoms with Crippen LogP contribution in [-0.2, 0) is 11.3 Å². The third-order valence-electron chi connectivity index (χ3n) is 2.49. The third-order valence-corrected chi connectivity index (χ3v) is 3.55. The molecule has 0 atom stereocenters. The van der Waals surface area contributed by atoms with Crippen molar-refractivity contribution >= 4 is 11.8 Å². The molecule has 0 saturated carbocycles. The second-order valence-electron chi connectivity index (χ2n) is 3.94. The normalized spacial score (nSPS) is 11.0. The first-order chi connectivity index (χ1) is 8.79. The van der Waals surface area contributed by atoms with Crippen LogP contribution in [-0.4, -0.2) is 45.9 Å². The predicted molar refractivity (Wildman–Crippen MR) is 71.0 cm³/mol. The summed E-state index contributed by atoms with van der Waals surface area (Å²) in [6, 6.07) is 0. The van der Waals surface area contributed by atoms with E-state index in [1.54, 1.807) is 23.4 Å². The minimum atomic E-state index is -0.163. The number of rotatable bonds is 10. The first-order valence-electron chi connectivity index (χ1n) is 6.17. The van der Waals surface area contributed by atoms with Crippen molar-refractivity contribution in [1.82, 2.24) is 14.8 Å². The number of nitrogens with one attached hydrogen (secondary N) is 1. The second-order valence-corrected chi connectivity index (χ2v) is 5.00. The van der Waals surface area contributed by atoms with Gasteiger partial charge in [-0.1, -0.05) is 18.2 Å². The number of thioether (sulfide) groups is 1. The predicted octanol–water partition coefficient (Wildman–Crippen LogP) is 0.863. The SMILES string of the molecule is COCCCn1c(SCCCCCO)n[nH]c1=O. The maximum Gasteiger partial charge on any atom is 0.343 e. The standard InChI is InChI=1S/C11H21N3O3S/c1-17-8-5-6-14-10(16)12-13-11(14)18-9-4-2-3-7-15/h15H,2-9H2,1H3,(H,12,16). The van der Waals surface area contributed by atoms with Gasteiger partial charge in [-0.15, -0.1) is 5.10 Å². The number of methoxy groups -OCH3 is 1. The van der Waals surface area contributed by atoms with Crippen LogP contribution in [0.25, 0.3) is 0 Å². The maximum absolute atomic E-state index is 11.5. The molecule has 0 amide bonds. The average molecular weight is 275 g/mol. The molecule has 0 saturated heterocycles. The van der Waals surface area contributed by atoms with Crippen LogP contribution in [0.15, 0.2) is 9.95 Å². The average Bonchev–Trinajstić information content (AvgIpc) is 2.71. The summed E-state index contributed by atoms with van der Waals surface area (Å²) < 4.78 is 6.62. The number of nitrogens with zero attached hydrogens (tertiary/aromatic N) is 2. The van der Waals surface area contributed by atoms with Crippen LogP contribution in [0, 0.1) is 0 Å². The number of ether oxygens (including phenoxy) is 1. The summed E-state index contributed by atoms with van der Waals surface area (Å²) in [6.45, 7) is 1.51. The van der Waals surface area contributed by atoms with E-state index in [0.717, 1.165) is 36.6 Å². The Labute approximate surface area is 111 Å². The van der Waals surface area contributed by atoms with E-state index < -0.39 is 0 Å². The minimum Gasteiger partial charge on any atom is -0.396 e. The van der Waals surface area contributed by atoms with Gasteiger partial charge in [-0.3, -0.25) is 4.57 Å². The topological polar surface area (TPSA) is 80.1 Å². The summed E-state index contributed by atoms with van der Waals surface area (Å²) in [6.07, 6.45) is 3.65. The molecule has 0 bridgehead atoms. The first-order valence-corrected chi connectivity index (χ1v) is 7.16. The Kier molecular flexibility index (Phi) is 7.79. The molecule has 1 rings (SSSR count). The van der Waals surface area contributed by atoms with E-state index in [4.69, 9.17) is 9.84 Å². The molecule has 0 aliphatic heterocycles. The molecule has 1 heterocycles. The Bertz CT molecular complexity index is 378. The number of H-pyrrole nitrogens is 1. The van der Waals surface area contributed by atoms with E-state index in [1.807, 2.05) is 0 Å². The van der Waals surface area contributed by atoms with Crippen molar-refractivity contribution in [3.05, 3.63) is 10.5 Å². The van der Waals surface area contributed by atoms with Gasteiger partial charge in [-0.2, -0.15) is 0 Å². The van der Waals surface area contributed by atoms with E-state index in [1.165, 1.54) is 0 Å². The van der Waals surface area contributed by atoms with Gasteiger partial charge in [-0.05, 0) is 19.3 Å². The van der Waals surface area contributed by atoms with Crippen molar-refractivity contribution in [2.24, 2.45) is 0 Å². The lowest BCUT2D eigenvalue weighted by atomic mass is 10.3. The van der Waals surface area contributed by atoms with Crippen molar-refractivity contribution in [2.45, 2.75) is 37.4 Å². The van der Waals surface area contributed by atoms with Gasteiger partial charge >= 0.3 is 5.69 Å². The number of hydrogen-bond acceptors (Lipinski definition) is 5. The Morgan fingerprint density at radius 2 is 2.22 bits per heavy atom. The molecule has 0 fully saturated rings. The summed E-state index contributed by atoms with van der Waals surface area (Å²) in [4.78, 5) is 11.5. The minimum absolute atomic E-state index is 0.163. The van der Waals surface area contributed by atoms with Crippen molar-refractivity contribution in [3.8, 4) is 0 Å². The highest BCUT2D eigenvalue weighted by molar-refractivity contribution is 7.99. The Balaban J connectivity index is 2.37. The number of aromatic nitrogens is 3. The van der Waals surface area contributed by atoms with Crippen LogP contribution in [0.5, 0.6) is 0 Å². The molecule has 0 unspecified atom stereocenters. The van der Waals surface area contributed by atoms with Gasteiger partial charge in [-0.25, -0.2) is 9.89 Å². The van der Waals surface area contributed by atoms with E-state index in [2.05, 4.69) is 10.2 Å². The van der Waals surface area contributed by atoms with Crippen molar-refractivity contribution in [1.29, 1.82) is 0 Å². The summed E-state index contributed by atoms with van der Waals surface area (Å²) in [5, 5.41) is 15.9. The molecule has 0 spiro atoms. The molecule has 0 aromatic carbocycles. The summed E-state index contributed by atoms with van der Waals surface area (Å²) in [5.41, 5.74) is -0.163.